The molecule has 1 saturated heterocycles. The highest BCUT2D eigenvalue weighted by atomic mass is 16.2. The molecule has 0 unspecified atom stereocenters. The van der Waals surface area contributed by atoms with Crippen LogP contribution in [0.3, 0.4) is 0 Å². The van der Waals surface area contributed by atoms with Gasteiger partial charge in [0.1, 0.15) is 0 Å². The van der Waals surface area contributed by atoms with Crippen molar-refractivity contribution < 1.29 is 4.79 Å². The van der Waals surface area contributed by atoms with E-state index in [2.05, 4.69) is 10.1 Å². The van der Waals surface area contributed by atoms with E-state index in [0.29, 0.717) is 6.42 Å². The van der Waals surface area contributed by atoms with Crippen LogP contribution in [-0.4, -0.2) is 32.1 Å². The predicted molar refractivity (Wildman–Crippen MR) is 105 cm³/mol. The average molecular weight is 360 g/mol. The van der Waals surface area contributed by atoms with Gasteiger partial charge < -0.3 is 4.90 Å². The highest BCUT2D eigenvalue weighted by molar-refractivity contribution is 5.80. The Morgan fingerprint density at radius 3 is 2.63 bits per heavy atom. The minimum Gasteiger partial charge on any atom is -0.334 e. The molecule has 5 heteroatoms. The fourth-order valence-corrected chi connectivity index (χ4v) is 3.95. The quantitative estimate of drug-likeness (QED) is 0.711. The normalized spacial score (nSPS) is 16.7. The van der Waals surface area contributed by atoms with Crippen molar-refractivity contribution in [3.63, 3.8) is 0 Å². The number of pyridine rings is 1. The standard InChI is InChI=1S/C22H24N4O/c1-16-19(17(2)26(24-16)18-9-4-3-5-10-18)15-22(27)25-14-8-12-21(25)20-11-6-7-13-23-20/h3-7,9-11,13,21H,8,12,14-15H2,1-2H3/t21-/m1/s1. The first-order chi connectivity index (χ1) is 13.1. The molecule has 1 amide bonds. The second kappa shape index (κ2) is 7.35. The van der Waals surface area contributed by atoms with Crippen molar-refractivity contribution in [2.75, 3.05) is 6.54 Å². The Hall–Kier alpha value is -2.95. The molecule has 0 spiro atoms. The molecule has 1 aromatic carbocycles. The highest BCUT2D eigenvalue weighted by Crippen LogP contribution is 2.31. The SMILES string of the molecule is Cc1nn(-c2ccccc2)c(C)c1CC(=O)N1CCC[C@@H]1c1ccccn1. The van der Waals surface area contributed by atoms with Crippen LogP contribution in [0.2, 0.25) is 0 Å². The van der Waals surface area contributed by atoms with Crippen molar-refractivity contribution in [2.24, 2.45) is 0 Å². The number of carbonyl (C=O) groups is 1. The van der Waals surface area contributed by atoms with Gasteiger partial charge >= 0.3 is 0 Å². The topological polar surface area (TPSA) is 51.0 Å². The van der Waals surface area contributed by atoms with E-state index < -0.39 is 0 Å². The summed E-state index contributed by atoms with van der Waals surface area (Å²) < 4.78 is 1.93. The molecule has 138 valence electrons. The Morgan fingerprint density at radius 2 is 1.89 bits per heavy atom. The second-order valence-corrected chi connectivity index (χ2v) is 7.07. The van der Waals surface area contributed by atoms with E-state index in [1.165, 1.54) is 0 Å². The molecule has 5 nitrogen and oxygen atoms in total. The van der Waals surface area contributed by atoms with Crippen LogP contribution in [0, 0.1) is 13.8 Å². The van der Waals surface area contributed by atoms with Gasteiger partial charge in [-0.15, -0.1) is 0 Å². The van der Waals surface area contributed by atoms with Crippen molar-refractivity contribution in [2.45, 2.75) is 39.2 Å². The van der Waals surface area contributed by atoms with E-state index in [0.717, 1.165) is 47.7 Å². The zero-order valence-electron chi connectivity index (χ0n) is 15.8. The summed E-state index contributed by atoms with van der Waals surface area (Å²) in [6, 6.07) is 16.0. The number of rotatable bonds is 4. The van der Waals surface area contributed by atoms with Crippen LogP contribution in [0.15, 0.2) is 54.7 Å². The molecule has 0 radical (unpaired) electrons. The van der Waals surface area contributed by atoms with Crippen LogP contribution in [-0.2, 0) is 11.2 Å². The summed E-state index contributed by atoms with van der Waals surface area (Å²) in [5, 5.41) is 4.67. The second-order valence-electron chi connectivity index (χ2n) is 7.07. The molecule has 0 bridgehead atoms. The van der Waals surface area contributed by atoms with Crippen molar-refractivity contribution >= 4 is 5.91 Å². The molecular formula is C22H24N4O. The summed E-state index contributed by atoms with van der Waals surface area (Å²) >= 11 is 0. The van der Waals surface area contributed by atoms with Gasteiger partial charge in [0.15, 0.2) is 0 Å². The first-order valence-electron chi connectivity index (χ1n) is 9.46. The third-order valence-corrected chi connectivity index (χ3v) is 5.37. The van der Waals surface area contributed by atoms with E-state index in [9.17, 15) is 4.79 Å². The van der Waals surface area contributed by atoms with Crippen LogP contribution in [0.25, 0.3) is 5.69 Å². The lowest BCUT2D eigenvalue weighted by Crippen LogP contribution is -2.32. The molecule has 0 saturated carbocycles. The number of amides is 1. The summed E-state index contributed by atoms with van der Waals surface area (Å²) in [4.78, 5) is 19.6. The van der Waals surface area contributed by atoms with Gasteiger partial charge in [0.05, 0.1) is 29.5 Å². The molecule has 4 rings (SSSR count). The summed E-state index contributed by atoms with van der Waals surface area (Å²) in [6.45, 7) is 4.82. The first kappa shape index (κ1) is 17.5. The molecule has 1 fully saturated rings. The highest BCUT2D eigenvalue weighted by Gasteiger charge is 2.31. The minimum absolute atomic E-state index is 0.0866. The van der Waals surface area contributed by atoms with Crippen LogP contribution in [0.1, 0.15) is 41.5 Å². The molecule has 0 N–H and O–H groups in total. The molecule has 1 aliphatic heterocycles. The third kappa shape index (κ3) is 3.37. The van der Waals surface area contributed by atoms with Gasteiger partial charge in [0.2, 0.25) is 5.91 Å². The first-order valence-corrected chi connectivity index (χ1v) is 9.46. The lowest BCUT2D eigenvalue weighted by atomic mass is 10.1. The Morgan fingerprint density at radius 1 is 1.11 bits per heavy atom. The Bertz CT molecular complexity index is 934. The van der Waals surface area contributed by atoms with Gasteiger partial charge in [-0.2, -0.15) is 5.10 Å². The smallest absolute Gasteiger partial charge is 0.227 e. The molecule has 1 aliphatic rings. The zero-order valence-corrected chi connectivity index (χ0v) is 15.8. The fourth-order valence-electron chi connectivity index (χ4n) is 3.95. The largest absolute Gasteiger partial charge is 0.334 e. The molecule has 27 heavy (non-hydrogen) atoms. The number of likely N-dealkylation sites (tertiary alicyclic amines) is 1. The lowest BCUT2D eigenvalue weighted by Gasteiger charge is -2.24. The summed E-state index contributed by atoms with van der Waals surface area (Å²) in [5.74, 6) is 0.155. The summed E-state index contributed by atoms with van der Waals surface area (Å²) in [6.07, 6.45) is 4.18. The minimum atomic E-state index is 0.0866. The van der Waals surface area contributed by atoms with Crippen molar-refractivity contribution in [1.29, 1.82) is 0 Å². The van der Waals surface area contributed by atoms with Crippen molar-refractivity contribution in [3.8, 4) is 5.69 Å². The maximum Gasteiger partial charge on any atom is 0.227 e. The van der Waals surface area contributed by atoms with Crippen molar-refractivity contribution in [3.05, 3.63) is 77.4 Å². The molecule has 0 aliphatic carbocycles. The number of para-hydroxylation sites is 1. The Labute approximate surface area is 159 Å². The monoisotopic (exact) mass is 360 g/mol. The number of benzene rings is 1. The number of hydrogen-bond acceptors (Lipinski definition) is 3. The number of hydrogen-bond donors (Lipinski definition) is 0. The predicted octanol–water partition coefficient (Wildman–Crippen LogP) is 3.79. The van der Waals surface area contributed by atoms with Gasteiger partial charge in [-0.05, 0) is 51.0 Å². The number of aromatic nitrogens is 3. The third-order valence-electron chi connectivity index (χ3n) is 5.37. The van der Waals surface area contributed by atoms with Gasteiger partial charge in [0.25, 0.3) is 0 Å². The Balaban J connectivity index is 1.57. The van der Waals surface area contributed by atoms with Gasteiger partial charge in [0, 0.05) is 24.0 Å². The van der Waals surface area contributed by atoms with E-state index >= 15 is 0 Å². The maximum atomic E-state index is 13.1. The summed E-state index contributed by atoms with van der Waals surface area (Å²) in [7, 11) is 0. The number of carbonyl (C=O) groups excluding carboxylic acids is 1. The number of nitrogens with zero attached hydrogens (tertiary/aromatic N) is 4. The molecule has 1 atom stereocenters. The van der Waals surface area contributed by atoms with Crippen LogP contribution >= 0.6 is 0 Å². The van der Waals surface area contributed by atoms with E-state index in [1.807, 2.05) is 72.0 Å². The fraction of sp³-hybridized carbons (Fsp3) is 0.318. The lowest BCUT2D eigenvalue weighted by molar-refractivity contribution is -0.131. The molecule has 3 aromatic rings. The Kier molecular flexibility index (Phi) is 4.75. The van der Waals surface area contributed by atoms with Crippen LogP contribution in [0.4, 0.5) is 0 Å². The number of aryl methyl sites for hydroxylation is 1. The van der Waals surface area contributed by atoms with Crippen LogP contribution in [0.5, 0.6) is 0 Å². The van der Waals surface area contributed by atoms with Gasteiger partial charge in [-0.1, -0.05) is 24.3 Å². The molecule has 3 heterocycles. The molecule has 2 aromatic heterocycles. The van der Waals surface area contributed by atoms with Gasteiger partial charge in [-0.3, -0.25) is 9.78 Å². The van der Waals surface area contributed by atoms with Crippen LogP contribution < -0.4 is 0 Å². The van der Waals surface area contributed by atoms with Crippen molar-refractivity contribution in [1.82, 2.24) is 19.7 Å². The van der Waals surface area contributed by atoms with E-state index in [-0.39, 0.29) is 11.9 Å². The van der Waals surface area contributed by atoms with E-state index in [1.54, 1.807) is 6.20 Å². The summed E-state index contributed by atoms with van der Waals surface area (Å²) in [5.41, 5.74) is 4.97. The van der Waals surface area contributed by atoms with E-state index in [4.69, 9.17) is 0 Å². The average Bonchev–Trinajstić information content (AvgIpc) is 3.30. The van der Waals surface area contributed by atoms with Gasteiger partial charge in [-0.25, -0.2) is 4.68 Å². The molecular weight excluding hydrogens is 336 g/mol. The zero-order chi connectivity index (χ0) is 18.8. The maximum absolute atomic E-state index is 13.1.